The van der Waals surface area contributed by atoms with Gasteiger partial charge in [-0.2, -0.15) is 5.26 Å². The predicted molar refractivity (Wildman–Crippen MR) is 69.7 cm³/mol. The van der Waals surface area contributed by atoms with E-state index < -0.39 is 0 Å². The minimum absolute atomic E-state index is 0.273. The summed E-state index contributed by atoms with van der Waals surface area (Å²) < 4.78 is 5.62. The van der Waals surface area contributed by atoms with Crippen LogP contribution in [0.3, 0.4) is 0 Å². The lowest BCUT2D eigenvalue weighted by Gasteiger charge is -1.95. The minimum Gasteiger partial charge on any atom is -0.504 e. The summed E-state index contributed by atoms with van der Waals surface area (Å²) in [5, 5.41) is 28.7. The molecule has 0 unspecified atom stereocenters. The maximum absolute atomic E-state index is 9.52. The summed E-state index contributed by atoms with van der Waals surface area (Å²) in [6, 6.07) is 13.9. The molecule has 4 heteroatoms. The highest BCUT2D eigenvalue weighted by Crippen LogP contribution is 2.38. The molecule has 2 aromatic carbocycles. The van der Waals surface area contributed by atoms with Gasteiger partial charge in [-0.05, 0) is 6.07 Å². The quantitative estimate of drug-likeness (QED) is 0.650. The van der Waals surface area contributed by atoms with E-state index in [0.717, 1.165) is 5.56 Å². The third-order valence-electron chi connectivity index (χ3n) is 2.93. The van der Waals surface area contributed by atoms with Gasteiger partial charge >= 0.3 is 0 Å². The molecular formula is C15H9NO3. The average molecular weight is 251 g/mol. The van der Waals surface area contributed by atoms with Crippen LogP contribution >= 0.6 is 0 Å². The van der Waals surface area contributed by atoms with Crippen molar-refractivity contribution < 1.29 is 14.6 Å². The molecule has 0 saturated carbocycles. The first kappa shape index (κ1) is 11.2. The Balaban J connectivity index is 2.36. The van der Waals surface area contributed by atoms with Crippen LogP contribution in [-0.2, 0) is 0 Å². The fourth-order valence-electron chi connectivity index (χ4n) is 2.02. The fourth-order valence-corrected chi connectivity index (χ4v) is 2.02. The van der Waals surface area contributed by atoms with E-state index in [9.17, 15) is 15.5 Å². The fraction of sp³-hybridized carbons (Fsp3) is 0. The molecule has 4 nitrogen and oxygen atoms in total. The largest absolute Gasteiger partial charge is 0.504 e. The summed E-state index contributed by atoms with van der Waals surface area (Å²) in [6.45, 7) is 0. The summed E-state index contributed by atoms with van der Waals surface area (Å²) >= 11 is 0. The molecule has 0 aliphatic carbocycles. The molecule has 1 aromatic heterocycles. The van der Waals surface area contributed by atoms with E-state index in [2.05, 4.69) is 6.07 Å². The number of phenols is 2. The summed E-state index contributed by atoms with van der Waals surface area (Å²) in [5.41, 5.74) is 1.48. The number of nitrogens with zero attached hydrogens (tertiary/aromatic N) is 1. The van der Waals surface area contributed by atoms with E-state index in [1.54, 1.807) is 0 Å². The van der Waals surface area contributed by atoms with Crippen molar-refractivity contribution in [1.29, 1.82) is 5.26 Å². The van der Waals surface area contributed by atoms with Crippen molar-refractivity contribution in [3.8, 4) is 28.9 Å². The first-order valence-corrected chi connectivity index (χ1v) is 5.64. The molecule has 0 atom stereocenters. The first-order chi connectivity index (χ1) is 9.20. The molecule has 1 heterocycles. The van der Waals surface area contributed by atoms with Crippen LogP contribution in [0.1, 0.15) is 5.56 Å². The maximum Gasteiger partial charge on any atom is 0.161 e. The van der Waals surface area contributed by atoms with Crippen molar-refractivity contribution in [1.82, 2.24) is 0 Å². The van der Waals surface area contributed by atoms with Crippen LogP contribution in [-0.4, -0.2) is 10.2 Å². The zero-order chi connectivity index (χ0) is 13.4. The Labute approximate surface area is 108 Å². The second-order valence-corrected chi connectivity index (χ2v) is 4.12. The zero-order valence-corrected chi connectivity index (χ0v) is 9.79. The number of aromatic hydroxyl groups is 2. The Hall–Kier alpha value is -2.93. The second kappa shape index (κ2) is 4.07. The van der Waals surface area contributed by atoms with Gasteiger partial charge in [0.15, 0.2) is 17.3 Å². The molecule has 0 aliphatic heterocycles. The normalized spacial score (nSPS) is 10.5. The maximum atomic E-state index is 9.52. The lowest BCUT2D eigenvalue weighted by atomic mass is 10.1. The molecule has 0 aliphatic rings. The van der Waals surface area contributed by atoms with E-state index in [4.69, 9.17) is 4.42 Å². The van der Waals surface area contributed by atoms with Gasteiger partial charge in [-0.3, -0.25) is 0 Å². The molecule has 0 fully saturated rings. The number of nitriles is 1. The van der Waals surface area contributed by atoms with Crippen LogP contribution in [0.15, 0.2) is 46.9 Å². The highest BCUT2D eigenvalue weighted by Gasteiger charge is 2.17. The lowest BCUT2D eigenvalue weighted by molar-refractivity contribution is 0.404. The van der Waals surface area contributed by atoms with Crippen LogP contribution in [0.2, 0.25) is 0 Å². The molecule has 2 N–H and O–H groups in total. The Morgan fingerprint density at radius 1 is 1.00 bits per heavy atom. The van der Waals surface area contributed by atoms with Crippen LogP contribution in [0.25, 0.3) is 22.3 Å². The van der Waals surface area contributed by atoms with Crippen molar-refractivity contribution in [2.75, 3.05) is 0 Å². The molecule has 0 spiro atoms. The highest BCUT2D eigenvalue weighted by molar-refractivity contribution is 5.92. The van der Waals surface area contributed by atoms with Crippen LogP contribution < -0.4 is 0 Å². The summed E-state index contributed by atoms with van der Waals surface area (Å²) in [5.74, 6) is -0.113. The van der Waals surface area contributed by atoms with Gasteiger partial charge in [0.2, 0.25) is 0 Å². The zero-order valence-electron chi connectivity index (χ0n) is 9.79. The third-order valence-corrected chi connectivity index (χ3v) is 2.93. The third kappa shape index (κ3) is 1.69. The van der Waals surface area contributed by atoms with Gasteiger partial charge in [-0.1, -0.05) is 30.3 Å². The van der Waals surface area contributed by atoms with Crippen molar-refractivity contribution in [2.24, 2.45) is 0 Å². The average Bonchev–Trinajstić information content (AvgIpc) is 2.78. The van der Waals surface area contributed by atoms with Crippen LogP contribution in [0, 0.1) is 11.3 Å². The standard InChI is InChI=1S/C15H9NO3/c16-8-11-10-6-12(17)13(18)7-14(10)19-15(11)9-4-2-1-3-5-9/h1-7,17-18H. The smallest absolute Gasteiger partial charge is 0.161 e. The van der Waals surface area contributed by atoms with Gasteiger partial charge < -0.3 is 14.6 Å². The highest BCUT2D eigenvalue weighted by atomic mass is 16.3. The van der Waals surface area contributed by atoms with Gasteiger partial charge in [-0.25, -0.2) is 0 Å². The molecule has 0 bridgehead atoms. The number of furan rings is 1. The van der Waals surface area contributed by atoms with E-state index in [1.807, 2.05) is 30.3 Å². The summed E-state index contributed by atoms with van der Waals surface area (Å²) in [4.78, 5) is 0. The van der Waals surface area contributed by atoms with Gasteiger partial charge in [0.05, 0.1) is 0 Å². The topological polar surface area (TPSA) is 77.4 Å². The Morgan fingerprint density at radius 2 is 1.68 bits per heavy atom. The van der Waals surface area contributed by atoms with E-state index in [1.165, 1.54) is 12.1 Å². The predicted octanol–water partition coefficient (Wildman–Crippen LogP) is 3.38. The SMILES string of the molecule is N#Cc1c(-c2ccccc2)oc2cc(O)c(O)cc12. The van der Waals surface area contributed by atoms with Crippen molar-refractivity contribution >= 4 is 11.0 Å². The molecular weight excluding hydrogens is 242 g/mol. The molecule has 0 amide bonds. The number of phenolic OH excluding ortho intramolecular Hbond substituents is 2. The molecule has 19 heavy (non-hydrogen) atoms. The molecule has 0 radical (unpaired) electrons. The molecule has 3 rings (SSSR count). The van der Waals surface area contributed by atoms with Crippen LogP contribution in [0.4, 0.5) is 0 Å². The number of fused-ring (bicyclic) bond motifs is 1. The monoisotopic (exact) mass is 251 g/mol. The Morgan fingerprint density at radius 3 is 2.37 bits per heavy atom. The molecule has 92 valence electrons. The first-order valence-electron chi connectivity index (χ1n) is 5.64. The number of hydrogen-bond acceptors (Lipinski definition) is 4. The number of hydrogen-bond donors (Lipinski definition) is 2. The minimum atomic E-state index is -0.274. The lowest BCUT2D eigenvalue weighted by Crippen LogP contribution is -1.78. The summed E-state index contributed by atoms with van der Waals surface area (Å²) in [6.07, 6.45) is 0. The van der Waals surface area contributed by atoms with Gasteiger partial charge in [0.1, 0.15) is 17.2 Å². The van der Waals surface area contributed by atoms with E-state index in [-0.39, 0.29) is 11.5 Å². The van der Waals surface area contributed by atoms with Gasteiger partial charge in [0.25, 0.3) is 0 Å². The Bertz CT molecular complexity index is 798. The Kier molecular flexibility index (Phi) is 2.39. The number of rotatable bonds is 1. The van der Waals surface area contributed by atoms with Crippen molar-refractivity contribution in [2.45, 2.75) is 0 Å². The number of benzene rings is 2. The van der Waals surface area contributed by atoms with Gasteiger partial charge in [0, 0.05) is 17.0 Å². The second-order valence-electron chi connectivity index (χ2n) is 4.12. The molecule has 3 aromatic rings. The summed E-state index contributed by atoms with van der Waals surface area (Å²) in [7, 11) is 0. The van der Waals surface area contributed by atoms with Crippen molar-refractivity contribution in [3.63, 3.8) is 0 Å². The van der Waals surface area contributed by atoms with Crippen LogP contribution in [0.5, 0.6) is 11.5 Å². The van der Waals surface area contributed by atoms with Crippen molar-refractivity contribution in [3.05, 3.63) is 48.0 Å². The van der Waals surface area contributed by atoms with Gasteiger partial charge in [-0.15, -0.1) is 0 Å². The molecule has 0 saturated heterocycles. The van der Waals surface area contributed by atoms with E-state index >= 15 is 0 Å². The van der Waals surface area contributed by atoms with E-state index in [0.29, 0.717) is 22.3 Å².